The molecule has 0 atom stereocenters. The number of fused-ring (bicyclic) bond motifs is 1. The predicted molar refractivity (Wildman–Crippen MR) is 92.5 cm³/mol. The maximum Gasteiger partial charge on any atom is 0.267 e. The first kappa shape index (κ1) is 16.7. The highest BCUT2D eigenvalue weighted by Gasteiger charge is 2.29. The second-order valence-electron chi connectivity index (χ2n) is 7.40. The number of rotatable bonds is 5. The largest absolute Gasteiger partial charge is 0.370 e. The number of carbonyl (C=O) groups excluding carboxylic acids is 1. The summed E-state index contributed by atoms with van der Waals surface area (Å²) >= 11 is 0. The molecular weight excluding hydrogens is 320 g/mol. The van der Waals surface area contributed by atoms with Gasteiger partial charge >= 0.3 is 0 Å². The van der Waals surface area contributed by atoms with Gasteiger partial charge < -0.3 is 14.5 Å². The molecule has 0 bridgehead atoms. The van der Waals surface area contributed by atoms with Gasteiger partial charge in [0.25, 0.3) is 5.56 Å². The van der Waals surface area contributed by atoms with E-state index >= 15 is 0 Å². The first-order valence-electron chi connectivity index (χ1n) is 9.37. The van der Waals surface area contributed by atoms with Crippen LogP contribution in [-0.2, 0) is 28.9 Å². The average Bonchev–Trinajstić information content (AvgIpc) is 2.58. The van der Waals surface area contributed by atoms with Crippen molar-refractivity contribution in [3.63, 3.8) is 0 Å². The van der Waals surface area contributed by atoms with E-state index in [4.69, 9.17) is 4.74 Å². The van der Waals surface area contributed by atoms with Crippen molar-refractivity contribution in [3.8, 4) is 0 Å². The van der Waals surface area contributed by atoms with Crippen LogP contribution in [0.2, 0.25) is 0 Å². The Morgan fingerprint density at radius 2 is 2.00 bits per heavy atom. The number of likely N-dealkylation sites (tertiary alicyclic amines) is 1. The number of morpholine rings is 1. The van der Waals surface area contributed by atoms with Crippen LogP contribution in [0, 0.1) is 5.92 Å². The van der Waals surface area contributed by atoms with Crippen LogP contribution in [0.3, 0.4) is 0 Å². The lowest BCUT2D eigenvalue weighted by molar-refractivity contribution is -0.143. The summed E-state index contributed by atoms with van der Waals surface area (Å²) in [5.41, 5.74) is 2.31. The fraction of sp³-hybridized carbons (Fsp3) is 0.722. The lowest BCUT2D eigenvalue weighted by atomic mass is 9.96. The van der Waals surface area contributed by atoms with E-state index in [9.17, 15) is 9.59 Å². The van der Waals surface area contributed by atoms with Gasteiger partial charge in [0.05, 0.1) is 18.8 Å². The standard InChI is InChI=1S/C18H26N4O3/c23-17-9-15-3-1-2-4-16(15)19-22(17)12-14-10-20(11-14)5-6-21-7-8-25-13-18(21)24/h9,14H,1-8,10-13H2. The Morgan fingerprint density at radius 3 is 2.84 bits per heavy atom. The van der Waals surface area contributed by atoms with Crippen molar-refractivity contribution >= 4 is 5.91 Å². The number of hydrogen-bond acceptors (Lipinski definition) is 5. The predicted octanol–water partition coefficient (Wildman–Crippen LogP) is -0.0873. The van der Waals surface area contributed by atoms with E-state index in [1.165, 1.54) is 12.8 Å². The molecular formula is C18H26N4O3. The number of ether oxygens (including phenoxy) is 1. The van der Waals surface area contributed by atoms with Gasteiger partial charge in [0.2, 0.25) is 5.91 Å². The molecule has 0 spiro atoms. The first-order chi connectivity index (χ1) is 12.2. The molecule has 1 aromatic heterocycles. The van der Waals surface area contributed by atoms with Gasteiger partial charge in [0.15, 0.2) is 0 Å². The monoisotopic (exact) mass is 346 g/mol. The van der Waals surface area contributed by atoms with Crippen LogP contribution >= 0.6 is 0 Å². The van der Waals surface area contributed by atoms with Crippen molar-refractivity contribution in [3.05, 3.63) is 27.7 Å². The van der Waals surface area contributed by atoms with Crippen LogP contribution in [0.25, 0.3) is 0 Å². The lowest BCUT2D eigenvalue weighted by Crippen LogP contribution is -2.53. The Balaban J connectivity index is 1.26. The van der Waals surface area contributed by atoms with Crippen LogP contribution in [0.4, 0.5) is 0 Å². The van der Waals surface area contributed by atoms with Gasteiger partial charge in [-0.1, -0.05) is 0 Å². The highest BCUT2D eigenvalue weighted by atomic mass is 16.5. The van der Waals surface area contributed by atoms with E-state index in [0.29, 0.717) is 25.6 Å². The summed E-state index contributed by atoms with van der Waals surface area (Å²) in [6.07, 6.45) is 4.34. The molecule has 2 aliphatic heterocycles. The molecule has 136 valence electrons. The number of carbonyl (C=O) groups is 1. The second kappa shape index (κ2) is 7.25. The highest BCUT2D eigenvalue weighted by molar-refractivity contribution is 5.77. The topological polar surface area (TPSA) is 67.7 Å². The maximum atomic E-state index is 12.2. The van der Waals surface area contributed by atoms with Crippen molar-refractivity contribution < 1.29 is 9.53 Å². The number of aromatic nitrogens is 2. The van der Waals surface area contributed by atoms with Crippen molar-refractivity contribution in [2.24, 2.45) is 5.92 Å². The van der Waals surface area contributed by atoms with Crippen LogP contribution in [0.15, 0.2) is 10.9 Å². The van der Waals surface area contributed by atoms with Crippen molar-refractivity contribution in [2.75, 3.05) is 45.9 Å². The molecule has 0 N–H and O–H groups in total. The Labute approximate surface area is 147 Å². The van der Waals surface area contributed by atoms with Crippen LogP contribution in [0.1, 0.15) is 24.1 Å². The molecule has 0 radical (unpaired) electrons. The van der Waals surface area contributed by atoms with Crippen LogP contribution in [0.5, 0.6) is 0 Å². The molecule has 25 heavy (non-hydrogen) atoms. The summed E-state index contributed by atoms with van der Waals surface area (Å²) in [6.45, 7) is 5.88. The van der Waals surface area contributed by atoms with Gasteiger partial charge in [-0.15, -0.1) is 0 Å². The average molecular weight is 346 g/mol. The van der Waals surface area contributed by atoms with E-state index in [1.807, 2.05) is 4.90 Å². The van der Waals surface area contributed by atoms with E-state index in [-0.39, 0.29) is 18.1 Å². The molecule has 7 nitrogen and oxygen atoms in total. The van der Waals surface area contributed by atoms with Gasteiger partial charge in [-0.25, -0.2) is 4.68 Å². The molecule has 4 rings (SSSR count). The quantitative estimate of drug-likeness (QED) is 0.746. The molecule has 3 aliphatic rings. The Kier molecular flexibility index (Phi) is 4.85. The van der Waals surface area contributed by atoms with E-state index in [2.05, 4.69) is 10.00 Å². The van der Waals surface area contributed by atoms with Gasteiger partial charge in [0.1, 0.15) is 6.61 Å². The summed E-state index contributed by atoms with van der Waals surface area (Å²) < 4.78 is 6.81. The molecule has 0 aromatic carbocycles. The van der Waals surface area contributed by atoms with Crippen molar-refractivity contribution in [1.29, 1.82) is 0 Å². The third-order valence-electron chi connectivity index (χ3n) is 5.51. The summed E-state index contributed by atoms with van der Waals surface area (Å²) in [5.74, 6) is 0.570. The zero-order valence-electron chi connectivity index (χ0n) is 14.7. The second-order valence-corrected chi connectivity index (χ2v) is 7.40. The Bertz CT molecular complexity index is 696. The maximum absolute atomic E-state index is 12.2. The molecule has 2 saturated heterocycles. The molecule has 2 fully saturated rings. The molecule has 0 unspecified atom stereocenters. The van der Waals surface area contributed by atoms with E-state index in [0.717, 1.165) is 50.3 Å². The molecule has 1 aliphatic carbocycles. The van der Waals surface area contributed by atoms with Gasteiger partial charge in [-0.3, -0.25) is 9.59 Å². The fourth-order valence-electron chi connectivity index (χ4n) is 4.00. The smallest absolute Gasteiger partial charge is 0.267 e. The Morgan fingerprint density at radius 1 is 1.16 bits per heavy atom. The molecule has 7 heteroatoms. The van der Waals surface area contributed by atoms with E-state index < -0.39 is 0 Å². The zero-order valence-corrected chi connectivity index (χ0v) is 14.7. The normalized spacial score (nSPS) is 21.9. The minimum absolute atomic E-state index is 0.0398. The third-order valence-corrected chi connectivity index (χ3v) is 5.51. The number of nitrogens with zero attached hydrogens (tertiary/aromatic N) is 4. The third kappa shape index (κ3) is 3.77. The number of hydrogen-bond donors (Lipinski definition) is 0. The van der Waals surface area contributed by atoms with Gasteiger partial charge in [0, 0.05) is 44.7 Å². The summed E-state index contributed by atoms with van der Waals surface area (Å²) in [5, 5.41) is 4.61. The van der Waals surface area contributed by atoms with Gasteiger partial charge in [-0.05, 0) is 31.2 Å². The molecule has 1 amide bonds. The summed E-state index contributed by atoms with van der Waals surface area (Å²) in [7, 11) is 0. The van der Waals surface area contributed by atoms with Gasteiger partial charge in [-0.2, -0.15) is 5.10 Å². The SMILES string of the molecule is O=C1COCCN1CCN1CC(Cn2nc3c(cc2=O)CCCC3)C1. The summed E-state index contributed by atoms with van der Waals surface area (Å²) in [4.78, 5) is 28.2. The first-order valence-corrected chi connectivity index (χ1v) is 9.37. The van der Waals surface area contributed by atoms with Crippen molar-refractivity contribution in [2.45, 2.75) is 32.2 Å². The minimum Gasteiger partial charge on any atom is -0.370 e. The van der Waals surface area contributed by atoms with Crippen molar-refractivity contribution in [1.82, 2.24) is 19.6 Å². The highest BCUT2D eigenvalue weighted by Crippen LogP contribution is 2.19. The molecule has 1 aromatic rings. The van der Waals surface area contributed by atoms with E-state index in [1.54, 1.807) is 10.7 Å². The van der Waals surface area contributed by atoms with Crippen LogP contribution in [-0.4, -0.2) is 71.4 Å². The number of amides is 1. The number of aryl methyl sites for hydroxylation is 2. The lowest BCUT2D eigenvalue weighted by Gasteiger charge is -2.40. The minimum atomic E-state index is 0.0398. The zero-order chi connectivity index (χ0) is 17.2. The fourth-order valence-corrected chi connectivity index (χ4v) is 4.00. The Hall–Kier alpha value is -1.73. The summed E-state index contributed by atoms with van der Waals surface area (Å²) in [6, 6.07) is 1.79. The molecule has 0 saturated carbocycles. The van der Waals surface area contributed by atoms with Crippen LogP contribution < -0.4 is 5.56 Å². The molecule has 3 heterocycles.